The van der Waals surface area contributed by atoms with E-state index in [0.717, 1.165) is 37.3 Å². The Kier molecular flexibility index (Phi) is 3.28. The lowest BCUT2D eigenvalue weighted by atomic mass is 10.1. The van der Waals surface area contributed by atoms with Gasteiger partial charge in [0.1, 0.15) is 17.3 Å². The van der Waals surface area contributed by atoms with Crippen LogP contribution in [0.4, 0.5) is 5.82 Å². The quantitative estimate of drug-likeness (QED) is 0.784. The second-order valence-electron chi connectivity index (χ2n) is 4.75. The first-order valence-electron chi connectivity index (χ1n) is 6.34. The molecule has 0 N–H and O–H groups in total. The predicted molar refractivity (Wildman–Crippen MR) is 72.8 cm³/mol. The molecule has 3 heterocycles. The molecule has 7 heteroatoms. The van der Waals surface area contributed by atoms with E-state index in [2.05, 4.69) is 20.0 Å². The molecule has 102 valence electrons. The van der Waals surface area contributed by atoms with E-state index in [1.807, 2.05) is 6.92 Å². The number of piperidine rings is 1. The standard InChI is InChI=1S/C12H16ClN5O/c1-8-10(13)16-12-14-7-15-18(12)11(8)17-5-3-9(19-2)4-6-17/h7,9H,3-6H2,1-2H3. The monoisotopic (exact) mass is 281 g/mol. The zero-order valence-electron chi connectivity index (χ0n) is 11.0. The van der Waals surface area contributed by atoms with E-state index in [-0.39, 0.29) is 0 Å². The van der Waals surface area contributed by atoms with Crippen LogP contribution in [0.2, 0.25) is 5.15 Å². The van der Waals surface area contributed by atoms with Crippen molar-refractivity contribution in [2.75, 3.05) is 25.1 Å². The molecule has 0 aliphatic carbocycles. The number of anilines is 1. The first kappa shape index (κ1) is 12.6. The molecule has 19 heavy (non-hydrogen) atoms. The number of hydrogen-bond donors (Lipinski definition) is 0. The van der Waals surface area contributed by atoms with E-state index >= 15 is 0 Å². The minimum Gasteiger partial charge on any atom is -0.381 e. The van der Waals surface area contributed by atoms with Crippen LogP contribution in [0.15, 0.2) is 6.33 Å². The van der Waals surface area contributed by atoms with Crippen molar-refractivity contribution in [1.82, 2.24) is 19.6 Å². The van der Waals surface area contributed by atoms with Crippen molar-refractivity contribution in [1.29, 1.82) is 0 Å². The summed E-state index contributed by atoms with van der Waals surface area (Å²) >= 11 is 6.18. The average molecular weight is 282 g/mol. The maximum absolute atomic E-state index is 6.18. The third-order valence-corrected chi connectivity index (χ3v) is 4.02. The summed E-state index contributed by atoms with van der Waals surface area (Å²) in [5.41, 5.74) is 0.940. The van der Waals surface area contributed by atoms with Gasteiger partial charge in [-0.3, -0.25) is 0 Å². The number of nitrogens with zero attached hydrogens (tertiary/aromatic N) is 5. The maximum Gasteiger partial charge on any atom is 0.255 e. The molecule has 0 radical (unpaired) electrons. The highest BCUT2D eigenvalue weighted by Gasteiger charge is 2.24. The lowest BCUT2D eigenvalue weighted by molar-refractivity contribution is 0.0817. The van der Waals surface area contributed by atoms with Gasteiger partial charge in [-0.05, 0) is 19.8 Å². The topological polar surface area (TPSA) is 55.5 Å². The lowest BCUT2D eigenvalue weighted by Gasteiger charge is -2.33. The molecule has 0 bridgehead atoms. The Bertz CT molecular complexity index is 591. The Morgan fingerprint density at radius 2 is 2.11 bits per heavy atom. The number of rotatable bonds is 2. The van der Waals surface area contributed by atoms with Crippen molar-refractivity contribution < 1.29 is 4.74 Å². The number of hydrogen-bond acceptors (Lipinski definition) is 5. The molecule has 1 fully saturated rings. The summed E-state index contributed by atoms with van der Waals surface area (Å²) in [6, 6.07) is 0. The van der Waals surface area contributed by atoms with Gasteiger partial charge in [0.15, 0.2) is 0 Å². The molecule has 2 aromatic heterocycles. The SMILES string of the molecule is COC1CCN(c2c(C)c(Cl)nc3ncnn23)CC1. The van der Waals surface area contributed by atoms with Crippen molar-refractivity contribution in [2.24, 2.45) is 0 Å². The fourth-order valence-corrected chi connectivity index (χ4v) is 2.72. The Balaban J connectivity index is 2.00. The number of halogens is 1. The summed E-state index contributed by atoms with van der Waals surface area (Å²) in [6.45, 7) is 3.82. The molecule has 1 aliphatic rings. The Labute approximate surface area is 116 Å². The van der Waals surface area contributed by atoms with Crippen LogP contribution >= 0.6 is 11.6 Å². The minimum atomic E-state index is 0.347. The summed E-state index contributed by atoms with van der Waals surface area (Å²) in [6.07, 6.45) is 3.86. The first-order chi connectivity index (χ1) is 9.20. The van der Waals surface area contributed by atoms with Gasteiger partial charge in [-0.1, -0.05) is 11.6 Å². The van der Waals surface area contributed by atoms with E-state index in [4.69, 9.17) is 16.3 Å². The second-order valence-corrected chi connectivity index (χ2v) is 5.10. The Hall–Kier alpha value is -1.40. The normalized spacial score (nSPS) is 17.3. The van der Waals surface area contributed by atoms with Crippen molar-refractivity contribution >= 4 is 23.2 Å². The van der Waals surface area contributed by atoms with Crippen molar-refractivity contribution in [3.8, 4) is 0 Å². The number of methoxy groups -OCH3 is 1. The molecular weight excluding hydrogens is 266 g/mol. The van der Waals surface area contributed by atoms with Gasteiger partial charge in [0.05, 0.1) is 6.10 Å². The van der Waals surface area contributed by atoms with Crippen molar-refractivity contribution in [3.63, 3.8) is 0 Å². The zero-order chi connectivity index (χ0) is 13.4. The van der Waals surface area contributed by atoms with E-state index in [1.54, 1.807) is 11.6 Å². The van der Waals surface area contributed by atoms with Crippen LogP contribution in [-0.4, -0.2) is 45.9 Å². The molecule has 0 amide bonds. The molecule has 3 rings (SSSR count). The Morgan fingerprint density at radius 3 is 2.79 bits per heavy atom. The van der Waals surface area contributed by atoms with Crippen LogP contribution in [0.3, 0.4) is 0 Å². The zero-order valence-corrected chi connectivity index (χ0v) is 11.8. The number of ether oxygens (including phenoxy) is 1. The van der Waals surface area contributed by atoms with Crippen LogP contribution in [-0.2, 0) is 4.74 Å². The summed E-state index contributed by atoms with van der Waals surface area (Å²) in [5, 5.41) is 4.74. The molecular formula is C12H16ClN5O. The van der Waals surface area contributed by atoms with Crippen molar-refractivity contribution in [3.05, 3.63) is 17.0 Å². The van der Waals surface area contributed by atoms with Gasteiger partial charge in [0, 0.05) is 25.8 Å². The number of fused-ring (bicyclic) bond motifs is 1. The highest BCUT2D eigenvalue weighted by Crippen LogP contribution is 2.28. The van der Waals surface area contributed by atoms with E-state index in [9.17, 15) is 0 Å². The highest BCUT2D eigenvalue weighted by atomic mass is 35.5. The van der Waals surface area contributed by atoms with Gasteiger partial charge < -0.3 is 9.64 Å². The molecule has 1 aliphatic heterocycles. The lowest BCUT2D eigenvalue weighted by Crippen LogP contribution is -2.38. The molecule has 2 aromatic rings. The summed E-state index contributed by atoms with van der Waals surface area (Å²) in [7, 11) is 1.77. The smallest absolute Gasteiger partial charge is 0.255 e. The highest BCUT2D eigenvalue weighted by molar-refractivity contribution is 6.30. The third kappa shape index (κ3) is 2.15. The Morgan fingerprint density at radius 1 is 1.37 bits per heavy atom. The summed E-state index contributed by atoms with van der Waals surface area (Å²) in [5.74, 6) is 1.53. The van der Waals surface area contributed by atoms with Gasteiger partial charge in [-0.15, -0.1) is 0 Å². The molecule has 6 nitrogen and oxygen atoms in total. The minimum absolute atomic E-state index is 0.347. The van der Waals surface area contributed by atoms with Crippen molar-refractivity contribution in [2.45, 2.75) is 25.9 Å². The van der Waals surface area contributed by atoms with Crippen LogP contribution in [0.5, 0.6) is 0 Å². The first-order valence-corrected chi connectivity index (χ1v) is 6.72. The predicted octanol–water partition coefficient (Wildman–Crippen LogP) is 1.70. The maximum atomic E-state index is 6.18. The molecule has 0 atom stereocenters. The van der Waals surface area contributed by atoms with Crippen LogP contribution in [0.1, 0.15) is 18.4 Å². The summed E-state index contributed by atoms with van der Waals surface area (Å²) in [4.78, 5) is 10.6. The van der Waals surface area contributed by atoms with E-state index in [0.29, 0.717) is 17.0 Å². The fraction of sp³-hybridized carbons (Fsp3) is 0.583. The van der Waals surface area contributed by atoms with Gasteiger partial charge in [0.25, 0.3) is 5.78 Å². The van der Waals surface area contributed by atoms with E-state index in [1.165, 1.54) is 6.33 Å². The third-order valence-electron chi connectivity index (χ3n) is 3.65. The summed E-state index contributed by atoms with van der Waals surface area (Å²) < 4.78 is 7.16. The molecule has 0 unspecified atom stereocenters. The van der Waals surface area contributed by atoms with Crippen LogP contribution in [0, 0.1) is 6.92 Å². The van der Waals surface area contributed by atoms with Gasteiger partial charge in [-0.2, -0.15) is 19.6 Å². The molecule has 0 saturated carbocycles. The van der Waals surface area contributed by atoms with Crippen LogP contribution < -0.4 is 4.90 Å². The molecule has 1 saturated heterocycles. The van der Waals surface area contributed by atoms with Gasteiger partial charge in [-0.25, -0.2) is 0 Å². The molecule has 0 spiro atoms. The average Bonchev–Trinajstić information content (AvgIpc) is 2.88. The van der Waals surface area contributed by atoms with E-state index < -0.39 is 0 Å². The second kappa shape index (κ2) is 4.94. The molecule has 0 aromatic carbocycles. The van der Waals surface area contributed by atoms with Gasteiger partial charge >= 0.3 is 0 Å². The number of aromatic nitrogens is 4. The van der Waals surface area contributed by atoms with Gasteiger partial charge in [0.2, 0.25) is 0 Å². The van der Waals surface area contributed by atoms with Crippen LogP contribution in [0.25, 0.3) is 5.78 Å². The largest absolute Gasteiger partial charge is 0.381 e. The fourth-order valence-electron chi connectivity index (χ4n) is 2.56.